The van der Waals surface area contributed by atoms with Crippen LogP contribution in [0.15, 0.2) is 24.3 Å². The first kappa shape index (κ1) is 15.3. The number of halogens is 4. The summed E-state index contributed by atoms with van der Waals surface area (Å²) in [5, 5.41) is 2.50. The van der Waals surface area contributed by atoms with Gasteiger partial charge in [0.15, 0.2) is 0 Å². The van der Waals surface area contributed by atoms with E-state index in [1.807, 2.05) is 0 Å². The normalized spacial score (nSPS) is 10.5. The molecule has 2 rings (SSSR count). The van der Waals surface area contributed by atoms with Crippen molar-refractivity contribution in [3.63, 3.8) is 0 Å². The van der Waals surface area contributed by atoms with Gasteiger partial charge < -0.3 is 16.8 Å². The van der Waals surface area contributed by atoms with Gasteiger partial charge in [0, 0.05) is 5.69 Å². The Balaban J connectivity index is 2.50. The van der Waals surface area contributed by atoms with Crippen molar-refractivity contribution in [1.29, 1.82) is 0 Å². The summed E-state index contributed by atoms with van der Waals surface area (Å²) in [6.45, 7) is 0. The average molecular weight is 332 g/mol. The molecule has 0 unspecified atom stereocenters. The number of carbonyl (C=O) groups excluding carboxylic acids is 1. The van der Waals surface area contributed by atoms with Gasteiger partial charge in [-0.05, 0) is 24.3 Å². The van der Waals surface area contributed by atoms with Crippen molar-refractivity contribution in [3.8, 4) is 0 Å². The van der Waals surface area contributed by atoms with Crippen molar-refractivity contribution in [1.82, 2.24) is 0 Å². The lowest BCUT2D eigenvalue weighted by Gasteiger charge is -2.13. The Kier molecular flexibility index (Phi) is 4.20. The van der Waals surface area contributed by atoms with Crippen molar-refractivity contribution < 1.29 is 13.6 Å². The van der Waals surface area contributed by atoms with E-state index < -0.39 is 17.5 Å². The molecule has 0 spiro atoms. The molecule has 110 valence electrons. The molecule has 5 N–H and O–H groups in total. The number of nitrogens with two attached hydrogens (primary N) is 2. The van der Waals surface area contributed by atoms with Crippen LogP contribution >= 0.6 is 23.2 Å². The van der Waals surface area contributed by atoms with Crippen LogP contribution in [-0.4, -0.2) is 5.91 Å². The van der Waals surface area contributed by atoms with Gasteiger partial charge in [-0.25, -0.2) is 8.78 Å². The fourth-order valence-corrected chi connectivity index (χ4v) is 2.25. The summed E-state index contributed by atoms with van der Waals surface area (Å²) >= 11 is 11.7. The molecule has 0 saturated heterocycles. The van der Waals surface area contributed by atoms with Gasteiger partial charge in [-0.15, -0.1) is 0 Å². The van der Waals surface area contributed by atoms with Crippen molar-refractivity contribution >= 4 is 46.2 Å². The Morgan fingerprint density at radius 3 is 2.19 bits per heavy atom. The maximum Gasteiger partial charge on any atom is 0.250 e. The fraction of sp³-hybridized carbons (Fsp3) is 0. The van der Waals surface area contributed by atoms with E-state index in [0.717, 1.165) is 24.3 Å². The van der Waals surface area contributed by atoms with Gasteiger partial charge in [0.1, 0.15) is 11.6 Å². The van der Waals surface area contributed by atoms with E-state index >= 15 is 0 Å². The number of carbonyl (C=O) groups is 1. The minimum Gasteiger partial charge on any atom is -0.398 e. The number of anilines is 3. The van der Waals surface area contributed by atoms with Crippen molar-refractivity contribution in [2.75, 3.05) is 11.1 Å². The van der Waals surface area contributed by atoms with Gasteiger partial charge in [0.2, 0.25) is 0 Å². The molecule has 0 aliphatic heterocycles. The van der Waals surface area contributed by atoms with Crippen LogP contribution < -0.4 is 16.8 Å². The third kappa shape index (κ3) is 3.17. The van der Waals surface area contributed by atoms with Gasteiger partial charge in [-0.1, -0.05) is 23.2 Å². The summed E-state index contributed by atoms with van der Waals surface area (Å²) in [6, 6.07) is 4.09. The molecule has 0 aromatic heterocycles. The summed E-state index contributed by atoms with van der Waals surface area (Å²) in [6.07, 6.45) is 0. The second-order valence-corrected chi connectivity index (χ2v) is 4.97. The molecule has 0 bridgehead atoms. The maximum absolute atomic E-state index is 13.9. The van der Waals surface area contributed by atoms with E-state index in [1.165, 1.54) is 0 Å². The zero-order valence-corrected chi connectivity index (χ0v) is 11.9. The van der Waals surface area contributed by atoms with Gasteiger partial charge in [-0.2, -0.15) is 0 Å². The summed E-state index contributed by atoms with van der Waals surface area (Å²) < 4.78 is 27.0. The number of amides is 1. The van der Waals surface area contributed by atoms with E-state index in [4.69, 9.17) is 34.7 Å². The van der Waals surface area contributed by atoms with Gasteiger partial charge in [0.05, 0.1) is 27.0 Å². The highest BCUT2D eigenvalue weighted by atomic mass is 35.5. The first-order valence-corrected chi connectivity index (χ1v) is 6.35. The molecule has 1 amide bonds. The highest BCUT2D eigenvalue weighted by molar-refractivity contribution is 6.39. The Morgan fingerprint density at radius 2 is 1.67 bits per heavy atom. The number of hydrogen-bond acceptors (Lipinski definition) is 3. The molecule has 4 nitrogen and oxygen atoms in total. The number of primary amides is 1. The molecule has 0 saturated carbocycles. The average Bonchev–Trinajstić information content (AvgIpc) is 2.35. The standard InChI is InChI=1S/C13H9Cl2F2N3O/c14-7-1-5(16)2-8(15)12(7)20-11-3-6(13(19)21)10(18)4-9(11)17/h1-4,20H,18H2,(H2,19,21). The monoisotopic (exact) mass is 331 g/mol. The van der Waals surface area contributed by atoms with Crippen molar-refractivity contribution in [3.05, 3.63) is 51.5 Å². The lowest BCUT2D eigenvalue weighted by atomic mass is 10.1. The molecule has 0 atom stereocenters. The summed E-state index contributed by atoms with van der Waals surface area (Å²) in [5.41, 5.74) is 10.5. The predicted molar refractivity (Wildman–Crippen MR) is 79.0 cm³/mol. The quantitative estimate of drug-likeness (QED) is 0.750. The lowest BCUT2D eigenvalue weighted by Crippen LogP contribution is -2.14. The van der Waals surface area contributed by atoms with E-state index in [-0.39, 0.29) is 32.7 Å². The zero-order valence-electron chi connectivity index (χ0n) is 10.4. The van der Waals surface area contributed by atoms with E-state index in [1.54, 1.807) is 0 Å². The number of nitrogens with one attached hydrogen (secondary N) is 1. The largest absolute Gasteiger partial charge is 0.398 e. The first-order valence-electron chi connectivity index (χ1n) is 5.60. The molecule has 0 aliphatic carbocycles. The summed E-state index contributed by atoms with van der Waals surface area (Å²) in [7, 11) is 0. The van der Waals surface area contributed by atoms with Crippen LogP contribution in [0.25, 0.3) is 0 Å². The fourth-order valence-electron chi connectivity index (χ4n) is 1.69. The highest BCUT2D eigenvalue weighted by Gasteiger charge is 2.15. The Hall–Kier alpha value is -2.05. The number of benzene rings is 2. The third-order valence-corrected chi connectivity index (χ3v) is 3.27. The number of nitrogen functional groups attached to an aromatic ring is 1. The topological polar surface area (TPSA) is 81.1 Å². The number of hydrogen-bond donors (Lipinski definition) is 3. The van der Waals surface area contributed by atoms with E-state index in [9.17, 15) is 13.6 Å². The molecule has 2 aromatic carbocycles. The van der Waals surface area contributed by atoms with Crippen LogP contribution in [0.2, 0.25) is 10.0 Å². The summed E-state index contributed by atoms with van der Waals surface area (Å²) in [5.74, 6) is -2.19. The highest BCUT2D eigenvalue weighted by Crippen LogP contribution is 2.35. The minimum atomic E-state index is -0.813. The Morgan fingerprint density at radius 1 is 1.10 bits per heavy atom. The van der Waals surface area contributed by atoms with Crippen molar-refractivity contribution in [2.24, 2.45) is 5.73 Å². The zero-order chi connectivity index (χ0) is 15.7. The van der Waals surface area contributed by atoms with Gasteiger partial charge in [0.25, 0.3) is 5.91 Å². The van der Waals surface area contributed by atoms with Crippen LogP contribution in [0.3, 0.4) is 0 Å². The SMILES string of the molecule is NC(=O)c1cc(Nc2c(Cl)cc(F)cc2Cl)c(F)cc1N. The molecule has 0 heterocycles. The molecule has 0 radical (unpaired) electrons. The van der Waals surface area contributed by atoms with Crippen LogP contribution in [0.5, 0.6) is 0 Å². The van der Waals surface area contributed by atoms with Crippen LogP contribution in [-0.2, 0) is 0 Å². The predicted octanol–water partition coefficient (Wildman–Crippen LogP) is 3.70. The second kappa shape index (κ2) is 5.75. The van der Waals surface area contributed by atoms with Crippen LogP contribution in [0.1, 0.15) is 10.4 Å². The van der Waals surface area contributed by atoms with E-state index in [2.05, 4.69) is 5.32 Å². The minimum absolute atomic E-state index is 0.0446. The first-order chi connectivity index (χ1) is 9.79. The van der Waals surface area contributed by atoms with Gasteiger partial charge in [-0.3, -0.25) is 4.79 Å². The van der Waals surface area contributed by atoms with Crippen molar-refractivity contribution in [2.45, 2.75) is 0 Å². The van der Waals surface area contributed by atoms with Crippen LogP contribution in [0.4, 0.5) is 25.8 Å². The molecular formula is C13H9Cl2F2N3O. The molecule has 2 aromatic rings. The lowest BCUT2D eigenvalue weighted by molar-refractivity contribution is 0.100. The molecule has 0 aliphatic rings. The summed E-state index contributed by atoms with van der Waals surface area (Å²) in [4.78, 5) is 11.2. The number of rotatable bonds is 3. The Labute approximate surface area is 128 Å². The maximum atomic E-state index is 13.9. The smallest absolute Gasteiger partial charge is 0.250 e. The molecule has 21 heavy (non-hydrogen) atoms. The second-order valence-electron chi connectivity index (χ2n) is 4.15. The molecule has 8 heteroatoms. The molecular weight excluding hydrogens is 323 g/mol. The Bertz CT molecular complexity index is 715. The molecule has 0 fully saturated rings. The third-order valence-electron chi connectivity index (χ3n) is 2.67. The van der Waals surface area contributed by atoms with Crippen LogP contribution in [0, 0.1) is 11.6 Å². The van der Waals surface area contributed by atoms with E-state index in [0.29, 0.717) is 0 Å². The van der Waals surface area contributed by atoms with Gasteiger partial charge >= 0.3 is 0 Å².